The first-order chi connectivity index (χ1) is 13.0. The van der Waals surface area contributed by atoms with Gasteiger partial charge in [-0.2, -0.15) is 26.3 Å². The number of rotatable bonds is 0. The molecule has 7 nitrogen and oxygen atoms in total. The molecule has 0 aromatic heterocycles. The zero-order valence-electron chi connectivity index (χ0n) is 15.8. The molecule has 1 atom stereocenters. The molecule has 0 bridgehead atoms. The van der Waals surface area contributed by atoms with Crippen molar-refractivity contribution in [1.29, 1.82) is 0 Å². The van der Waals surface area contributed by atoms with Crippen LogP contribution in [0.2, 0.25) is 0 Å². The van der Waals surface area contributed by atoms with Crippen molar-refractivity contribution in [3.05, 3.63) is 35.4 Å². The third kappa shape index (κ3) is 9.87. The second-order valence-corrected chi connectivity index (χ2v) is 9.69. The number of alkyl halides is 6. The Morgan fingerprint density at radius 1 is 0.839 bits per heavy atom. The summed E-state index contributed by atoms with van der Waals surface area (Å²) in [6.07, 6.45) is 0.915. The molecule has 16 heteroatoms. The van der Waals surface area contributed by atoms with Gasteiger partial charge in [0.05, 0.1) is 0 Å². The first-order valence-corrected chi connectivity index (χ1v) is 10.5. The van der Waals surface area contributed by atoms with Gasteiger partial charge in [0.2, 0.25) is 0 Å². The van der Waals surface area contributed by atoms with Crippen LogP contribution in [0.1, 0.15) is 36.7 Å². The van der Waals surface area contributed by atoms with E-state index < -0.39 is 31.3 Å². The van der Waals surface area contributed by atoms with Crippen LogP contribution in [-0.4, -0.2) is 42.7 Å². The molecule has 1 aliphatic rings. The van der Waals surface area contributed by atoms with Crippen molar-refractivity contribution in [2.45, 2.75) is 38.2 Å². The summed E-state index contributed by atoms with van der Waals surface area (Å²) >= 11 is 0. The summed E-state index contributed by atoms with van der Waals surface area (Å²) in [7, 11) is -12.2. The summed E-state index contributed by atoms with van der Waals surface area (Å²) in [5.41, 5.74) is -9.05. The minimum atomic E-state index is -6.09. The van der Waals surface area contributed by atoms with Gasteiger partial charge in [-0.05, 0) is 17.4 Å². The van der Waals surface area contributed by atoms with Gasteiger partial charge in [-0.25, -0.2) is 16.8 Å². The topological polar surface area (TPSA) is 131 Å². The summed E-state index contributed by atoms with van der Waals surface area (Å²) in [6, 6.07) is 7.97. The van der Waals surface area contributed by atoms with Crippen LogP contribution < -0.4 is 0 Å². The number of fused-ring (bicyclic) bond motifs is 1. The van der Waals surface area contributed by atoms with E-state index in [0.29, 0.717) is 5.78 Å². The van der Waals surface area contributed by atoms with E-state index in [-0.39, 0.29) is 28.4 Å². The van der Waals surface area contributed by atoms with Gasteiger partial charge in [0.25, 0.3) is 0 Å². The van der Waals surface area contributed by atoms with Crippen LogP contribution in [0, 0.1) is 11.3 Å². The maximum atomic E-state index is 12.0. The molecule has 1 aromatic carbocycles. The molecule has 1 aromatic rings. The van der Waals surface area contributed by atoms with Gasteiger partial charge in [-0.15, -0.1) is 0 Å². The first kappa shape index (κ1) is 32.0. The van der Waals surface area contributed by atoms with E-state index in [1.165, 1.54) is 5.56 Å². The summed E-state index contributed by atoms with van der Waals surface area (Å²) in [5.74, 6) is 0.494. The molecule has 0 saturated heterocycles. The Morgan fingerprint density at radius 2 is 1.16 bits per heavy atom. The number of hydrogen-bond acceptors (Lipinski definition) is 7. The molecule has 1 unspecified atom stereocenters. The van der Waals surface area contributed by atoms with Crippen molar-refractivity contribution >= 4 is 26.0 Å². The predicted octanol–water partition coefficient (Wildman–Crippen LogP) is 3.19. The molecule has 0 heterocycles. The number of carbonyl (C=O) groups is 1. The van der Waals surface area contributed by atoms with Crippen molar-refractivity contribution in [1.82, 2.24) is 0 Å². The van der Waals surface area contributed by atoms with E-state index in [4.69, 9.17) is 25.9 Å². The van der Waals surface area contributed by atoms with Crippen LogP contribution in [-0.2, 0) is 43.7 Å². The van der Waals surface area contributed by atoms with E-state index in [0.717, 1.165) is 12.0 Å². The fourth-order valence-electron chi connectivity index (χ4n) is 2.14. The maximum absolute atomic E-state index is 12.0. The Labute approximate surface area is 185 Å². The van der Waals surface area contributed by atoms with E-state index in [1.807, 2.05) is 18.2 Å². The summed E-state index contributed by atoms with van der Waals surface area (Å²) in [6.45, 7) is 6.42. The van der Waals surface area contributed by atoms with E-state index in [1.54, 1.807) is 0 Å². The molecule has 0 aliphatic heterocycles. The molecule has 0 spiro atoms. The summed E-state index contributed by atoms with van der Waals surface area (Å²) in [5, 5.41) is 0. The van der Waals surface area contributed by atoms with Gasteiger partial charge >= 0.3 is 28.1 Å². The summed E-state index contributed by atoms with van der Waals surface area (Å²) < 4.78 is 118. The number of ketones is 1. The largest absolute Gasteiger partial charge is 2.00 e. The molecule has 0 amide bonds. The van der Waals surface area contributed by atoms with Crippen LogP contribution >= 0.6 is 0 Å². The fraction of sp³-hybridized carbons (Fsp3) is 0.533. The number of benzene rings is 1. The fourth-order valence-corrected chi connectivity index (χ4v) is 2.14. The second kappa shape index (κ2) is 10.6. The molecular formula is C15H16CuF6O7S2. The average molecular weight is 550 g/mol. The van der Waals surface area contributed by atoms with Gasteiger partial charge in [-0.1, -0.05) is 45.0 Å². The summed E-state index contributed by atoms with van der Waals surface area (Å²) in [4.78, 5) is 12.0. The van der Waals surface area contributed by atoms with Crippen molar-refractivity contribution in [2.24, 2.45) is 11.3 Å². The van der Waals surface area contributed by atoms with Crippen LogP contribution in [0.3, 0.4) is 0 Å². The molecule has 0 saturated carbocycles. The second-order valence-electron chi connectivity index (χ2n) is 6.94. The van der Waals surface area contributed by atoms with Gasteiger partial charge in [0, 0.05) is 11.5 Å². The zero-order chi connectivity index (χ0) is 24.3. The number of carbonyl (C=O) groups excluding carboxylic acids is 1. The van der Waals surface area contributed by atoms with Crippen LogP contribution in [0.15, 0.2) is 24.3 Å². The minimum Gasteiger partial charge on any atom is -0.741 e. The normalized spacial score (nSPS) is 16.7. The van der Waals surface area contributed by atoms with E-state index >= 15 is 0 Å². The van der Waals surface area contributed by atoms with Crippen molar-refractivity contribution in [2.75, 3.05) is 0 Å². The third-order valence-electron chi connectivity index (χ3n) is 3.64. The Bertz CT molecular complexity index is 923. The Kier molecular flexibility index (Phi) is 11.0. The SMILES string of the molecule is CC(C)(C)C1Cc2ccccc2C1=O.O=S(=O)([O-])C(F)(F)F.O=S(=O)([O-])C(F)(F)F.[Cu+2]. The molecule has 183 valence electrons. The van der Waals surface area contributed by atoms with Crippen molar-refractivity contribution < 1.29 is 74.1 Å². The average Bonchev–Trinajstić information content (AvgIpc) is 2.82. The first-order valence-electron chi connectivity index (χ1n) is 7.66. The van der Waals surface area contributed by atoms with Gasteiger partial charge in [0.1, 0.15) is 0 Å². The number of Topliss-reactive ketones (excluding diaryl/α,β-unsaturated/α-hetero) is 1. The van der Waals surface area contributed by atoms with Gasteiger partial charge < -0.3 is 9.11 Å². The molecule has 1 aliphatic carbocycles. The minimum absolute atomic E-state index is 0. The van der Waals surface area contributed by atoms with Crippen LogP contribution in [0.25, 0.3) is 0 Å². The zero-order valence-corrected chi connectivity index (χ0v) is 18.4. The number of hydrogen-bond donors (Lipinski definition) is 0. The van der Waals surface area contributed by atoms with E-state index in [2.05, 4.69) is 26.8 Å². The molecule has 0 fully saturated rings. The third-order valence-corrected chi connectivity index (χ3v) is 4.77. The Balaban J connectivity index is 0. The van der Waals surface area contributed by atoms with Gasteiger partial charge in [0.15, 0.2) is 26.0 Å². The number of halogens is 6. The molecule has 1 radical (unpaired) electrons. The Hall–Kier alpha value is -1.19. The van der Waals surface area contributed by atoms with E-state index in [9.17, 15) is 31.1 Å². The van der Waals surface area contributed by atoms with Gasteiger partial charge in [-0.3, -0.25) is 4.79 Å². The monoisotopic (exact) mass is 549 g/mol. The molecular weight excluding hydrogens is 534 g/mol. The quantitative estimate of drug-likeness (QED) is 0.210. The van der Waals surface area contributed by atoms with Crippen LogP contribution in [0.4, 0.5) is 26.3 Å². The van der Waals surface area contributed by atoms with Crippen LogP contribution in [0.5, 0.6) is 0 Å². The smallest absolute Gasteiger partial charge is 0.741 e. The molecule has 31 heavy (non-hydrogen) atoms. The molecule has 2 rings (SSSR count). The van der Waals surface area contributed by atoms with Crippen molar-refractivity contribution in [3.8, 4) is 0 Å². The predicted molar refractivity (Wildman–Crippen MR) is 88.9 cm³/mol. The molecule has 0 N–H and O–H groups in total. The van der Waals surface area contributed by atoms with Crippen molar-refractivity contribution in [3.63, 3.8) is 0 Å². The maximum Gasteiger partial charge on any atom is 2.00 e. The Morgan fingerprint density at radius 3 is 1.42 bits per heavy atom. The standard InChI is InChI=1S/C13H16O.2CHF3O3S.Cu/c1-13(2,3)11-8-9-6-4-5-7-10(9)12(11)14;2*2-1(3,4)8(5,6)7;/h4-7,11H,8H2,1-3H3;2*(H,5,6,7);/q;;;+2/p-2.